The third-order valence-electron chi connectivity index (χ3n) is 3.90. The summed E-state index contributed by atoms with van der Waals surface area (Å²) in [4.78, 5) is 14.0. The van der Waals surface area contributed by atoms with Crippen LogP contribution in [0.4, 0.5) is 0 Å². The third-order valence-corrected chi connectivity index (χ3v) is 3.90. The monoisotopic (exact) mass is 252 g/mol. The number of nitrogens with zero attached hydrogens (tertiary/aromatic N) is 3. The van der Waals surface area contributed by atoms with Crippen molar-refractivity contribution in [1.29, 1.82) is 0 Å². The van der Waals surface area contributed by atoms with Crippen LogP contribution in [-0.2, 0) is 13.1 Å². The molecule has 4 nitrogen and oxygen atoms in total. The average Bonchev–Trinajstić information content (AvgIpc) is 3.16. The summed E-state index contributed by atoms with van der Waals surface area (Å²) in [6.45, 7) is 3.84. The maximum atomic E-state index is 4.82. The van der Waals surface area contributed by atoms with Crippen molar-refractivity contribution < 1.29 is 0 Å². The van der Waals surface area contributed by atoms with Crippen LogP contribution in [0.25, 0.3) is 11.5 Å². The highest BCUT2D eigenvalue weighted by Gasteiger charge is 2.31. The highest BCUT2D eigenvalue weighted by Crippen LogP contribution is 2.42. The normalized spacial score (nSPS) is 17.5. The Hall–Kier alpha value is -1.81. The fourth-order valence-electron chi connectivity index (χ4n) is 2.71. The van der Waals surface area contributed by atoms with Gasteiger partial charge in [-0.2, -0.15) is 0 Å². The molecule has 96 valence electrons. The molecule has 4 rings (SSSR count). The molecule has 1 saturated carbocycles. The minimum Gasteiger partial charge on any atom is -0.307 e. The lowest BCUT2D eigenvalue weighted by Crippen LogP contribution is -2.04. The van der Waals surface area contributed by atoms with Gasteiger partial charge in [0.25, 0.3) is 0 Å². The topological polar surface area (TPSA) is 50.7 Å². The third kappa shape index (κ3) is 1.83. The Morgan fingerprint density at radius 1 is 1.21 bits per heavy atom. The maximum Gasteiger partial charge on any atom is 0.178 e. The molecule has 0 atom stereocenters. The van der Waals surface area contributed by atoms with Crippen molar-refractivity contribution in [3.8, 4) is 11.5 Å². The lowest BCUT2D eigenvalue weighted by molar-refractivity contribution is 0.755. The van der Waals surface area contributed by atoms with Crippen LogP contribution in [0.1, 0.15) is 41.3 Å². The fourth-order valence-corrected chi connectivity index (χ4v) is 2.71. The number of fused-ring (bicyclic) bond motifs is 1. The molecule has 0 amide bonds. The van der Waals surface area contributed by atoms with Gasteiger partial charge < -0.3 is 5.32 Å². The molecule has 4 heteroatoms. The van der Waals surface area contributed by atoms with Gasteiger partial charge in [-0.05, 0) is 31.4 Å². The molecule has 1 aliphatic carbocycles. The van der Waals surface area contributed by atoms with E-state index in [0.717, 1.165) is 35.9 Å². The van der Waals surface area contributed by atoms with Crippen molar-refractivity contribution >= 4 is 0 Å². The molecule has 19 heavy (non-hydrogen) atoms. The second kappa shape index (κ2) is 4.10. The molecular formula is C15H16N4. The summed E-state index contributed by atoms with van der Waals surface area (Å²) in [6, 6.07) is 4.02. The van der Waals surface area contributed by atoms with E-state index in [4.69, 9.17) is 9.97 Å². The summed E-state index contributed by atoms with van der Waals surface area (Å²) in [6.07, 6.45) is 4.35. The van der Waals surface area contributed by atoms with Crippen molar-refractivity contribution in [1.82, 2.24) is 20.3 Å². The molecule has 0 spiro atoms. The van der Waals surface area contributed by atoms with Gasteiger partial charge in [-0.3, -0.25) is 4.98 Å². The van der Waals surface area contributed by atoms with Gasteiger partial charge in [0.1, 0.15) is 5.69 Å². The number of pyridine rings is 1. The van der Waals surface area contributed by atoms with Crippen LogP contribution in [0.2, 0.25) is 0 Å². The van der Waals surface area contributed by atoms with Gasteiger partial charge in [0.05, 0.1) is 11.4 Å². The smallest absolute Gasteiger partial charge is 0.178 e. The Morgan fingerprint density at radius 2 is 2.11 bits per heavy atom. The Bertz CT molecular complexity index is 647. The molecular weight excluding hydrogens is 236 g/mol. The number of hydrogen-bond acceptors (Lipinski definition) is 4. The molecule has 2 aromatic heterocycles. The lowest BCUT2D eigenvalue weighted by Gasteiger charge is -2.09. The van der Waals surface area contributed by atoms with E-state index in [0.29, 0.717) is 5.92 Å². The Labute approximate surface area is 112 Å². The molecule has 0 unspecified atom stereocenters. The highest BCUT2D eigenvalue weighted by atomic mass is 15.0. The standard InChI is InChI=1S/C15H16N4/c1-9-3-2-6-17-13(9)15-18-12-8-16-7-11(12)14(19-15)10-4-5-10/h2-3,6,10,16H,4-5,7-8H2,1H3. The van der Waals surface area contributed by atoms with E-state index in [1.165, 1.54) is 24.1 Å². The number of aromatic nitrogens is 3. The van der Waals surface area contributed by atoms with E-state index in [1.807, 2.05) is 12.3 Å². The van der Waals surface area contributed by atoms with Crippen molar-refractivity contribution in [2.24, 2.45) is 0 Å². The van der Waals surface area contributed by atoms with Crippen LogP contribution in [0.3, 0.4) is 0 Å². The van der Waals surface area contributed by atoms with E-state index in [9.17, 15) is 0 Å². The Balaban J connectivity index is 1.90. The molecule has 1 fully saturated rings. The minimum absolute atomic E-state index is 0.652. The van der Waals surface area contributed by atoms with E-state index in [-0.39, 0.29) is 0 Å². The Morgan fingerprint density at radius 3 is 2.89 bits per heavy atom. The van der Waals surface area contributed by atoms with Crippen LogP contribution in [0, 0.1) is 6.92 Å². The van der Waals surface area contributed by atoms with Gasteiger partial charge in [-0.1, -0.05) is 6.07 Å². The first kappa shape index (κ1) is 11.1. The fraction of sp³-hybridized carbons (Fsp3) is 0.400. The lowest BCUT2D eigenvalue weighted by atomic mass is 10.1. The second-order valence-corrected chi connectivity index (χ2v) is 5.40. The van der Waals surface area contributed by atoms with Gasteiger partial charge in [0.15, 0.2) is 5.82 Å². The first-order valence-electron chi connectivity index (χ1n) is 6.85. The maximum absolute atomic E-state index is 4.82. The summed E-state index contributed by atoms with van der Waals surface area (Å²) in [5.41, 5.74) is 5.81. The molecule has 0 radical (unpaired) electrons. The zero-order valence-corrected chi connectivity index (χ0v) is 11.0. The number of nitrogens with one attached hydrogen (secondary N) is 1. The molecule has 2 aliphatic rings. The molecule has 0 saturated heterocycles. The number of hydrogen-bond donors (Lipinski definition) is 1. The molecule has 3 heterocycles. The van der Waals surface area contributed by atoms with Gasteiger partial charge in [-0.25, -0.2) is 9.97 Å². The van der Waals surface area contributed by atoms with Gasteiger partial charge >= 0.3 is 0 Å². The van der Waals surface area contributed by atoms with E-state index < -0.39 is 0 Å². The first-order chi connectivity index (χ1) is 9.33. The quantitative estimate of drug-likeness (QED) is 0.891. The van der Waals surface area contributed by atoms with Gasteiger partial charge in [-0.15, -0.1) is 0 Å². The summed E-state index contributed by atoms with van der Waals surface area (Å²) in [5, 5.41) is 3.38. The van der Waals surface area contributed by atoms with E-state index in [1.54, 1.807) is 0 Å². The largest absolute Gasteiger partial charge is 0.307 e. The highest BCUT2D eigenvalue weighted by molar-refractivity contribution is 5.55. The van der Waals surface area contributed by atoms with Crippen LogP contribution >= 0.6 is 0 Å². The zero-order chi connectivity index (χ0) is 12.8. The summed E-state index contributed by atoms with van der Waals surface area (Å²) >= 11 is 0. The SMILES string of the molecule is Cc1cccnc1-c1nc2c(c(C3CC3)n1)CNC2. The van der Waals surface area contributed by atoms with Crippen molar-refractivity contribution in [3.05, 3.63) is 40.8 Å². The molecule has 2 aromatic rings. The van der Waals surface area contributed by atoms with Crippen LogP contribution < -0.4 is 5.32 Å². The van der Waals surface area contributed by atoms with E-state index >= 15 is 0 Å². The van der Waals surface area contributed by atoms with Crippen LogP contribution in [0.5, 0.6) is 0 Å². The minimum atomic E-state index is 0.652. The summed E-state index contributed by atoms with van der Waals surface area (Å²) in [7, 11) is 0. The van der Waals surface area contributed by atoms with Crippen LogP contribution in [0.15, 0.2) is 18.3 Å². The molecule has 0 bridgehead atoms. The second-order valence-electron chi connectivity index (χ2n) is 5.40. The summed E-state index contributed by atoms with van der Waals surface area (Å²) < 4.78 is 0. The average molecular weight is 252 g/mol. The first-order valence-corrected chi connectivity index (χ1v) is 6.85. The van der Waals surface area contributed by atoms with Crippen LogP contribution in [-0.4, -0.2) is 15.0 Å². The Kier molecular flexibility index (Phi) is 2.38. The number of rotatable bonds is 2. The van der Waals surface area contributed by atoms with Crippen molar-refractivity contribution in [2.45, 2.75) is 38.8 Å². The number of aryl methyl sites for hydroxylation is 1. The molecule has 1 aliphatic heterocycles. The summed E-state index contributed by atoms with van der Waals surface area (Å²) in [5.74, 6) is 1.45. The van der Waals surface area contributed by atoms with Crippen molar-refractivity contribution in [2.75, 3.05) is 0 Å². The van der Waals surface area contributed by atoms with E-state index in [2.05, 4.69) is 23.3 Å². The predicted octanol–water partition coefficient (Wildman–Crippen LogP) is 2.33. The molecule has 0 aromatic carbocycles. The van der Waals surface area contributed by atoms with Gasteiger partial charge in [0.2, 0.25) is 0 Å². The molecule has 1 N–H and O–H groups in total. The predicted molar refractivity (Wildman–Crippen MR) is 72.5 cm³/mol. The van der Waals surface area contributed by atoms with Gasteiger partial charge in [0, 0.05) is 30.8 Å². The van der Waals surface area contributed by atoms with Crippen molar-refractivity contribution in [3.63, 3.8) is 0 Å². The zero-order valence-electron chi connectivity index (χ0n) is 11.0.